The molecule has 3 rings (SSSR count). The minimum absolute atomic E-state index is 0.0137. The lowest BCUT2D eigenvalue weighted by atomic mass is 10.1. The number of nitrogens with two attached hydrogens (primary N) is 1. The Balaban J connectivity index is 1.75. The molecule has 0 radical (unpaired) electrons. The van der Waals surface area contributed by atoms with Gasteiger partial charge in [-0.25, -0.2) is 0 Å². The Labute approximate surface area is 174 Å². The van der Waals surface area contributed by atoms with E-state index in [1.807, 2.05) is 30.3 Å². The summed E-state index contributed by atoms with van der Waals surface area (Å²) in [5, 5.41) is 10.2. The van der Waals surface area contributed by atoms with Gasteiger partial charge in [0.1, 0.15) is 5.84 Å². The fourth-order valence-corrected chi connectivity index (χ4v) is 3.03. The van der Waals surface area contributed by atoms with Gasteiger partial charge in [0.25, 0.3) is 11.5 Å². The smallest absolute Gasteiger partial charge is 0.254 e. The Hall–Kier alpha value is -3.71. The van der Waals surface area contributed by atoms with Crippen molar-refractivity contribution in [2.75, 3.05) is 6.61 Å². The summed E-state index contributed by atoms with van der Waals surface area (Å²) in [4.78, 5) is 28.2. The molecule has 0 aliphatic heterocycles. The van der Waals surface area contributed by atoms with E-state index in [9.17, 15) is 9.59 Å². The average molecular weight is 404 g/mol. The summed E-state index contributed by atoms with van der Waals surface area (Å²) in [7, 11) is 0. The number of nitrogens with one attached hydrogen (secondary N) is 3. The molecule has 0 saturated heterocycles. The third-order valence-electron chi connectivity index (χ3n) is 4.61. The molecular formula is C23H24N4O3. The van der Waals surface area contributed by atoms with Gasteiger partial charge in [0.15, 0.2) is 6.10 Å². The first-order chi connectivity index (χ1) is 14.5. The van der Waals surface area contributed by atoms with Crippen LogP contribution in [0.1, 0.15) is 29.7 Å². The van der Waals surface area contributed by atoms with Crippen molar-refractivity contribution in [1.82, 2.24) is 10.3 Å². The molecular weight excluding hydrogens is 380 g/mol. The minimum atomic E-state index is -1.01. The standard InChI is InChI=1S/C23H24N4O3/c1-2-30-20(23(29)26-14-15-8-10-17(11-9-15)21(24)25)18-12-13-19(27-22(18)28)16-6-4-3-5-7-16/h3-13,20H,2,14H2,1H3,(H3,24,25)(H,26,29)(H,27,28). The van der Waals surface area contributed by atoms with Crippen LogP contribution in [0.4, 0.5) is 0 Å². The van der Waals surface area contributed by atoms with Crippen LogP contribution < -0.4 is 16.6 Å². The second-order valence-electron chi connectivity index (χ2n) is 6.69. The summed E-state index contributed by atoms with van der Waals surface area (Å²) < 4.78 is 5.58. The van der Waals surface area contributed by atoms with Crippen molar-refractivity contribution in [3.8, 4) is 11.3 Å². The molecule has 5 N–H and O–H groups in total. The Bertz CT molecular complexity index is 1080. The molecule has 0 bridgehead atoms. The Morgan fingerprint density at radius 2 is 1.80 bits per heavy atom. The van der Waals surface area contributed by atoms with E-state index in [1.54, 1.807) is 43.3 Å². The quantitative estimate of drug-likeness (QED) is 0.341. The molecule has 154 valence electrons. The van der Waals surface area contributed by atoms with Gasteiger partial charge in [-0.3, -0.25) is 15.0 Å². The zero-order valence-electron chi connectivity index (χ0n) is 16.6. The van der Waals surface area contributed by atoms with Gasteiger partial charge in [0.2, 0.25) is 0 Å². The first-order valence-corrected chi connectivity index (χ1v) is 9.61. The summed E-state index contributed by atoms with van der Waals surface area (Å²) in [5.74, 6) is -0.411. The molecule has 1 atom stereocenters. The van der Waals surface area contributed by atoms with Crippen LogP contribution >= 0.6 is 0 Å². The fraction of sp³-hybridized carbons (Fsp3) is 0.174. The lowest BCUT2D eigenvalue weighted by Gasteiger charge is -2.17. The highest BCUT2D eigenvalue weighted by Gasteiger charge is 2.24. The summed E-state index contributed by atoms with van der Waals surface area (Å²) in [6.07, 6.45) is -1.01. The van der Waals surface area contributed by atoms with Crippen molar-refractivity contribution in [2.24, 2.45) is 5.73 Å². The molecule has 7 nitrogen and oxygen atoms in total. The van der Waals surface area contributed by atoms with Gasteiger partial charge in [-0.1, -0.05) is 54.6 Å². The Morgan fingerprint density at radius 1 is 1.10 bits per heavy atom. The molecule has 1 aromatic heterocycles. The number of carbonyl (C=O) groups excluding carboxylic acids is 1. The first kappa shape index (κ1) is 21.0. The number of hydrogen-bond acceptors (Lipinski definition) is 4. The molecule has 0 spiro atoms. The minimum Gasteiger partial charge on any atom is -0.384 e. The van der Waals surface area contributed by atoms with Crippen LogP contribution in [0.5, 0.6) is 0 Å². The number of nitrogen functional groups attached to an aromatic ring is 1. The SMILES string of the molecule is CCOC(C(=O)NCc1ccc(C(=N)N)cc1)c1ccc(-c2ccccc2)[nH]c1=O. The van der Waals surface area contributed by atoms with Gasteiger partial charge in [0, 0.05) is 24.4 Å². The number of benzene rings is 2. The molecule has 3 aromatic rings. The zero-order chi connectivity index (χ0) is 21.5. The average Bonchev–Trinajstić information content (AvgIpc) is 2.77. The number of pyridine rings is 1. The normalized spacial score (nSPS) is 11.6. The largest absolute Gasteiger partial charge is 0.384 e. The number of ether oxygens (including phenoxy) is 1. The third-order valence-corrected chi connectivity index (χ3v) is 4.61. The molecule has 0 aliphatic rings. The number of amidine groups is 1. The first-order valence-electron chi connectivity index (χ1n) is 9.61. The van der Waals surface area contributed by atoms with Crippen molar-refractivity contribution in [2.45, 2.75) is 19.6 Å². The van der Waals surface area contributed by atoms with Gasteiger partial charge in [-0.15, -0.1) is 0 Å². The maximum absolute atomic E-state index is 12.7. The van der Waals surface area contributed by atoms with Crippen LogP contribution in [0.3, 0.4) is 0 Å². The summed E-state index contributed by atoms with van der Waals surface area (Å²) >= 11 is 0. The van der Waals surface area contributed by atoms with Gasteiger partial charge in [0.05, 0.1) is 5.56 Å². The van der Waals surface area contributed by atoms with E-state index in [2.05, 4.69) is 10.3 Å². The predicted octanol–water partition coefficient (Wildman–Crippen LogP) is 2.72. The maximum Gasteiger partial charge on any atom is 0.254 e. The third kappa shape index (κ3) is 5.01. The summed E-state index contributed by atoms with van der Waals surface area (Å²) in [6.45, 7) is 2.32. The van der Waals surface area contributed by atoms with E-state index in [1.165, 1.54) is 0 Å². The topological polar surface area (TPSA) is 121 Å². The van der Waals surface area contributed by atoms with E-state index in [-0.39, 0.29) is 30.1 Å². The number of hydrogen-bond donors (Lipinski definition) is 4. The number of amides is 1. The van der Waals surface area contributed by atoms with E-state index in [4.69, 9.17) is 15.9 Å². The van der Waals surface area contributed by atoms with Crippen LogP contribution in [0.2, 0.25) is 0 Å². The molecule has 1 amide bonds. The highest BCUT2D eigenvalue weighted by molar-refractivity contribution is 5.94. The van der Waals surface area contributed by atoms with E-state index in [0.29, 0.717) is 11.3 Å². The lowest BCUT2D eigenvalue weighted by Crippen LogP contribution is -2.33. The van der Waals surface area contributed by atoms with Crippen molar-refractivity contribution in [1.29, 1.82) is 5.41 Å². The van der Waals surface area contributed by atoms with E-state index >= 15 is 0 Å². The van der Waals surface area contributed by atoms with Gasteiger partial charge < -0.3 is 20.8 Å². The van der Waals surface area contributed by atoms with Crippen molar-refractivity contribution in [3.05, 3.63) is 93.8 Å². The summed E-state index contributed by atoms with van der Waals surface area (Å²) in [5.41, 5.74) is 8.35. The van der Waals surface area contributed by atoms with Crippen LogP contribution in [-0.2, 0) is 16.1 Å². The second kappa shape index (κ2) is 9.67. The Morgan fingerprint density at radius 3 is 2.40 bits per heavy atom. The van der Waals surface area contributed by atoms with E-state index < -0.39 is 12.0 Å². The second-order valence-corrected chi connectivity index (χ2v) is 6.69. The molecule has 0 aliphatic carbocycles. The number of H-pyrrole nitrogens is 1. The Kier molecular flexibility index (Phi) is 6.77. The number of carbonyl (C=O) groups is 1. The molecule has 7 heteroatoms. The van der Waals surface area contributed by atoms with Crippen molar-refractivity contribution in [3.63, 3.8) is 0 Å². The monoisotopic (exact) mass is 404 g/mol. The molecule has 2 aromatic carbocycles. The highest BCUT2D eigenvalue weighted by atomic mass is 16.5. The number of rotatable bonds is 8. The van der Waals surface area contributed by atoms with Crippen LogP contribution in [0, 0.1) is 5.41 Å². The van der Waals surface area contributed by atoms with Gasteiger partial charge in [-0.2, -0.15) is 0 Å². The predicted molar refractivity (Wildman–Crippen MR) is 116 cm³/mol. The zero-order valence-corrected chi connectivity index (χ0v) is 16.6. The number of aromatic amines is 1. The van der Waals surface area contributed by atoms with Crippen molar-refractivity contribution >= 4 is 11.7 Å². The summed E-state index contributed by atoms with van der Waals surface area (Å²) in [6, 6.07) is 19.9. The molecule has 0 saturated carbocycles. The van der Waals surface area contributed by atoms with Crippen LogP contribution in [0.25, 0.3) is 11.3 Å². The van der Waals surface area contributed by atoms with E-state index in [0.717, 1.165) is 11.1 Å². The van der Waals surface area contributed by atoms with Crippen molar-refractivity contribution < 1.29 is 9.53 Å². The van der Waals surface area contributed by atoms with Gasteiger partial charge >= 0.3 is 0 Å². The molecule has 1 unspecified atom stereocenters. The lowest BCUT2D eigenvalue weighted by molar-refractivity contribution is -0.133. The molecule has 30 heavy (non-hydrogen) atoms. The fourth-order valence-electron chi connectivity index (χ4n) is 3.03. The van der Waals surface area contributed by atoms with Gasteiger partial charge in [-0.05, 0) is 30.2 Å². The highest BCUT2D eigenvalue weighted by Crippen LogP contribution is 2.19. The van der Waals surface area contributed by atoms with Crippen LogP contribution in [-0.4, -0.2) is 23.3 Å². The molecule has 0 fully saturated rings. The van der Waals surface area contributed by atoms with Crippen LogP contribution in [0.15, 0.2) is 71.5 Å². The molecule has 1 heterocycles. The number of aromatic nitrogens is 1. The maximum atomic E-state index is 12.7.